The first-order chi connectivity index (χ1) is 20.0. The molecule has 5 rings (SSSR count). The van der Waals surface area contributed by atoms with Crippen LogP contribution in [0.2, 0.25) is 5.02 Å². The molecule has 2 amide bonds. The minimum atomic E-state index is -3.58. The number of hydroxylamine groups is 1. The fourth-order valence-electron chi connectivity index (χ4n) is 5.88. The number of aromatic carboxylic acids is 1. The molecule has 0 radical (unpaired) electrons. The van der Waals surface area contributed by atoms with Crippen LogP contribution in [0.25, 0.3) is 0 Å². The van der Waals surface area contributed by atoms with E-state index in [9.17, 15) is 22.8 Å². The van der Waals surface area contributed by atoms with E-state index in [0.717, 1.165) is 25.4 Å². The van der Waals surface area contributed by atoms with Crippen LogP contribution in [-0.4, -0.2) is 54.5 Å². The van der Waals surface area contributed by atoms with Crippen LogP contribution in [-0.2, 0) is 26.3 Å². The Morgan fingerprint density at radius 1 is 1.12 bits per heavy atom. The molecule has 3 aromatic rings. The maximum atomic E-state index is 14.2. The second-order valence-corrected chi connectivity index (χ2v) is 12.7. The summed E-state index contributed by atoms with van der Waals surface area (Å²) in [5.74, 6) is -2.76. The van der Waals surface area contributed by atoms with Crippen molar-refractivity contribution in [1.82, 2.24) is 15.1 Å². The molecular formula is C29H30ClN3O8S. The summed E-state index contributed by atoms with van der Waals surface area (Å²) in [5, 5.41) is 9.59. The largest absolute Gasteiger partial charge is 0.478 e. The van der Waals surface area contributed by atoms with Gasteiger partial charge in [0.1, 0.15) is 18.6 Å². The van der Waals surface area contributed by atoms with Crippen molar-refractivity contribution in [3.8, 4) is 0 Å². The van der Waals surface area contributed by atoms with Gasteiger partial charge in [0, 0.05) is 22.7 Å². The van der Waals surface area contributed by atoms with Gasteiger partial charge in [-0.05, 0) is 48.2 Å². The predicted octanol–water partition coefficient (Wildman–Crippen LogP) is 4.02. The van der Waals surface area contributed by atoms with Gasteiger partial charge in [-0.15, -0.1) is 0 Å². The lowest BCUT2D eigenvalue weighted by Crippen LogP contribution is -2.59. The number of hydrogen-bond acceptors (Lipinski definition) is 7. The van der Waals surface area contributed by atoms with Crippen LogP contribution in [0.3, 0.4) is 0 Å². The van der Waals surface area contributed by atoms with E-state index in [0.29, 0.717) is 34.6 Å². The number of carboxylic acid groups (broad SMARTS) is 1. The van der Waals surface area contributed by atoms with E-state index in [1.54, 1.807) is 53.4 Å². The van der Waals surface area contributed by atoms with E-state index in [4.69, 9.17) is 26.0 Å². The van der Waals surface area contributed by atoms with Crippen LogP contribution in [0, 0.1) is 0 Å². The number of sulfonamides is 1. The maximum Gasteiger partial charge on any atom is 0.338 e. The van der Waals surface area contributed by atoms with Crippen LogP contribution in [0.5, 0.6) is 0 Å². The first-order valence-electron chi connectivity index (χ1n) is 13.4. The zero-order valence-electron chi connectivity index (χ0n) is 22.7. The molecule has 0 unspecified atom stereocenters. The Bertz CT molecular complexity index is 1590. The maximum absolute atomic E-state index is 14.2. The average Bonchev–Trinajstić information content (AvgIpc) is 3.43. The van der Waals surface area contributed by atoms with Gasteiger partial charge in [0.05, 0.1) is 23.8 Å². The Hall–Kier alpha value is -3.71. The number of nitrogens with zero attached hydrogens (tertiary/aromatic N) is 1. The second-order valence-electron chi connectivity index (χ2n) is 10.5. The first-order valence-corrected chi connectivity index (χ1v) is 15.7. The quantitative estimate of drug-likeness (QED) is 0.305. The summed E-state index contributed by atoms with van der Waals surface area (Å²) in [6.45, 7) is -0.232. The fourth-order valence-corrected chi connectivity index (χ4v) is 6.83. The van der Waals surface area contributed by atoms with Crippen molar-refractivity contribution >= 4 is 39.4 Å². The minimum Gasteiger partial charge on any atom is -0.478 e. The van der Waals surface area contributed by atoms with Gasteiger partial charge in [-0.1, -0.05) is 54.8 Å². The van der Waals surface area contributed by atoms with Crippen molar-refractivity contribution in [3.63, 3.8) is 0 Å². The van der Waals surface area contributed by atoms with E-state index in [1.807, 2.05) is 0 Å². The van der Waals surface area contributed by atoms with Crippen LogP contribution in [0.1, 0.15) is 75.2 Å². The topological polar surface area (TPSA) is 155 Å². The predicted molar refractivity (Wildman–Crippen MR) is 152 cm³/mol. The van der Waals surface area contributed by atoms with E-state index < -0.39 is 45.9 Å². The molecule has 3 N–H and O–H groups in total. The number of furan rings is 1. The smallest absolute Gasteiger partial charge is 0.338 e. The number of hydrogen-bond donors (Lipinski definition) is 3. The van der Waals surface area contributed by atoms with Gasteiger partial charge < -0.3 is 14.4 Å². The van der Waals surface area contributed by atoms with E-state index in [-0.39, 0.29) is 23.8 Å². The molecule has 42 heavy (non-hydrogen) atoms. The summed E-state index contributed by atoms with van der Waals surface area (Å²) in [4.78, 5) is 46.4. The number of halogens is 1. The van der Waals surface area contributed by atoms with Gasteiger partial charge in [0.2, 0.25) is 10.0 Å². The molecule has 4 atom stereocenters. The highest BCUT2D eigenvalue weighted by Gasteiger charge is 2.49. The number of fused-ring (bicyclic) bond motifs is 1. The molecule has 1 saturated carbocycles. The molecular weight excluding hydrogens is 586 g/mol. The molecule has 1 aromatic heterocycles. The molecule has 1 aliphatic heterocycles. The van der Waals surface area contributed by atoms with Crippen molar-refractivity contribution in [2.75, 3.05) is 6.26 Å². The van der Waals surface area contributed by atoms with Crippen molar-refractivity contribution in [2.24, 2.45) is 0 Å². The van der Waals surface area contributed by atoms with Crippen LogP contribution < -0.4 is 10.2 Å². The summed E-state index contributed by atoms with van der Waals surface area (Å²) < 4.78 is 32.5. The molecule has 0 saturated heterocycles. The highest BCUT2D eigenvalue weighted by atomic mass is 35.5. The number of carbonyl (C=O) groups excluding carboxylic acids is 2. The normalized spacial score (nSPS) is 22.4. The number of amides is 2. The van der Waals surface area contributed by atoms with Crippen molar-refractivity contribution in [3.05, 3.63) is 93.9 Å². The van der Waals surface area contributed by atoms with E-state index >= 15 is 0 Å². The van der Waals surface area contributed by atoms with Crippen molar-refractivity contribution in [2.45, 2.75) is 56.3 Å². The molecule has 2 aliphatic rings. The van der Waals surface area contributed by atoms with E-state index in [2.05, 4.69) is 10.2 Å². The van der Waals surface area contributed by atoms with Crippen molar-refractivity contribution in [1.29, 1.82) is 0 Å². The van der Waals surface area contributed by atoms with Crippen LogP contribution in [0.4, 0.5) is 0 Å². The summed E-state index contributed by atoms with van der Waals surface area (Å²) >= 11 is 6.19. The average molecular weight is 616 g/mol. The van der Waals surface area contributed by atoms with Gasteiger partial charge in [-0.2, -0.15) is 0 Å². The highest BCUT2D eigenvalue weighted by Crippen LogP contribution is 2.46. The number of benzene rings is 2. The van der Waals surface area contributed by atoms with Gasteiger partial charge in [0.15, 0.2) is 0 Å². The van der Waals surface area contributed by atoms with Gasteiger partial charge in [0.25, 0.3) is 11.8 Å². The van der Waals surface area contributed by atoms with E-state index in [1.165, 1.54) is 6.07 Å². The van der Waals surface area contributed by atoms with Gasteiger partial charge in [-0.3, -0.25) is 14.4 Å². The third kappa shape index (κ3) is 6.36. The lowest BCUT2D eigenvalue weighted by atomic mass is 9.76. The molecule has 222 valence electrons. The van der Waals surface area contributed by atoms with Gasteiger partial charge in [-0.25, -0.2) is 23.4 Å². The molecule has 13 heteroatoms. The molecule has 2 heterocycles. The minimum absolute atomic E-state index is 0.0529. The monoisotopic (exact) mass is 615 g/mol. The standard InChI is InChI=1S/C29H30ClN3O8S/c1-42(38,39)32-23-8-4-5-9-24(23)33-26(17-10-12-19(30)13-11-17)25(21-6-2-3-7-22(21)28(33)35)27(34)31-41-16-20-14-18(15-40-20)29(36)37/h2-3,6-7,10-15,23-26,32H,4-5,8-9,16H2,1H3,(H,31,34)(H,36,37)/t23-,24-,25+,26-/m0/s1. The number of nitrogens with one attached hydrogen (secondary N) is 2. The Morgan fingerprint density at radius 3 is 2.52 bits per heavy atom. The summed E-state index contributed by atoms with van der Waals surface area (Å²) in [5.41, 5.74) is 3.88. The lowest BCUT2D eigenvalue weighted by molar-refractivity contribution is -0.138. The number of carbonyl (C=O) groups is 3. The third-order valence-electron chi connectivity index (χ3n) is 7.61. The zero-order chi connectivity index (χ0) is 30.0. The summed E-state index contributed by atoms with van der Waals surface area (Å²) in [6.07, 6.45) is 4.83. The van der Waals surface area contributed by atoms with Gasteiger partial charge >= 0.3 is 5.97 Å². The lowest BCUT2D eigenvalue weighted by Gasteiger charge is -2.49. The third-order valence-corrected chi connectivity index (χ3v) is 8.59. The second kappa shape index (κ2) is 12.3. The Morgan fingerprint density at radius 2 is 1.83 bits per heavy atom. The molecule has 11 nitrogen and oxygen atoms in total. The summed E-state index contributed by atoms with van der Waals surface area (Å²) in [7, 11) is -3.58. The number of carboxylic acids is 1. The SMILES string of the molecule is CS(=O)(=O)N[C@H]1CCCC[C@@H]1N1C(=O)c2ccccc2[C@@H](C(=O)NOCc2cc(C(=O)O)co2)[C@@H]1c1ccc(Cl)cc1. The van der Waals surface area contributed by atoms with Crippen LogP contribution >= 0.6 is 11.6 Å². The molecule has 2 aromatic carbocycles. The number of rotatable bonds is 9. The Kier molecular flexibility index (Phi) is 8.69. The van der Waals surface area contributed by atoms with Crippen LogP contribution in [0.15, 0.2) is 65.3 Å². The Labute approximate surface area is 247 Å². The molecule has 1 fully saturated rings. The molecule has 1 aliphatic carbocycles. The summed E-state index contributed by atoms with van der Waals surface area (Å²) in [6, 6.07) is 13.1. The molecule has 0 spiro atoms. The molecule has 0 bridgehead atoms. The fraction of sp³-hybridized carbons (Fsp3) is 0.345. The first kappa shape index (κ1) is 29.8. The highest BCUT2D eigenvalue weighted by molar-refractivity contribution is 7.88. The van der Waals surface area contributed by atoms with Crippen molar-refractivity contribution < 1.29 is 37.2 Å². The zero-order valence-corrected chi connectivity index (χ0v) is 24.2. The Balaban J connectivity index is 1.54.